The molecule has 152 valence electrons. The van der Waals surface area contributed by atoms with Crippen molar-refractivity contribution in [1.29, 1.82) is 0 Å². The largest absolute Gasteiger partial charge is 0.0987 e. The standard InChI is InChI=1S/C28H33Cl/c1-8-25-23(15-21(18-27(25,4)5)11-9-10-20(3)29)17-24-16-22-13-12-19(2)14-26(22)28(24,6)7/h8-15,17H,1,16,18H2,2-7H3/b11-9-,20-10+,24-17+. The van der Waals surface area contributed by atoms with Gasteiger partial charge in [-0.3, -0.25) is 0 Å². The van der Waals surface area contributed by atoms with Gasteiger partial charge in [0.05, 0.1) is 0 Å². The lowest BCUT2D eigenvalue weighted by Crippen LogP contribution is -2.20. The van der Waals surface area contributed by atoms with Crippen molar-refractivity contribution in [2.75, 3.05) is 0 Å². The van der Waals surface area contributed by atoms with Gasteiger partial charge in [0.2, 0.25) is 0 Å². The fraction of sp³-hybridized carbons (Fsp3) is 0.357. The second-order valence-electron chi connectivity index (χ2n) is 9.60. The number of hydrogen-bond acceptors (Lipinski definition) is 0. The summed E-state index contributed by atoms with van der Waals surface area (Å²) >= 11 is 5.98. The first-order valence-corrected chi connectivity index (χ1v) is 10.8. The molecule has 0 heterocycles. The first kappa shape index (κ1) is 21.7. The van der Waals surface area contributed by atoms with Gasteiger partial charge in [0.25, 0.3) is 0 Å². The molecule has 0 aliphatic heterocycles. The van der Waals surface area contributed by atoms with E-state index >= 15 is 0 Å². The van der Waals surface area contributed by atoms with Gasteiger partial charge in [-0.2, -0.15) is 0 Å². The van der Waals surface area contributed by atoms with Gasteiger partial charge in [0.1, 0.15) is 0 Å². The van der Waals surface area contributed by atoms with E-state index in [0.29, 0.717) is 0 Å². The highest BCUT2D eigenvalue weighted by Gasteiger charge is 2.35. The minimum absolute atomic E-state index is 0.0462. The maximum atomic E-state index is 5.98. The van der Waals surface area contributed by atoms with Crippen LogP contribution in [0.25, 0.3) is 0 Å². The SMILES string of the molecule is C=CC1=C(/C=C2\Cc3ccc(C)cc3C2(C)C)C=C(/C=C\C=C(/C)Cl)CC1(C)C. The van der Waals surface area contributed by atoms with E-state index in [1.807, 2.05) is 25.2 Å². The Morgan fingerprint density at radius 3 is 2.55 bits per heavy atom. The lowest BCUT2D eigenvalue weighted by Gasteiger charge is -2.33. The van der Waals surface area contributed by atoms with Crippen LogP contribution in [-0.4, -0.2) is 0 Å². The zero-order valence-electron chi connectivity index (χ0n) is 18.7. The summed E-state index contributed by atoms with van der Waals surface area (Å²) < 4.78 is 0. The van der Waals surface area contributed by atoms with Crippen LogP contribution < -0.4 is 0 Å². The highest BCUT2D eigenvalue weighted by Crippen LogP contribution is 2.46. The summed E-state index contributed by atoms with van der Waals surface area (Å²) in [6.45, 7) is 17.5. The molecule has 0 aromatic heterocycles. The van der Waals surface area contributed by atoms with Crippen molar-refractivity contribution in [3.8, 4) is 0 Å². The zero-order chi connectivity index (χ0) is 21.4. The third kappa shape index (κ3) is 4.43. The Morgan fingerprint density at radius 2 is 1.90 bits per heavy atom. The first-order valence-electron chi connectivity index (χ1n) is 10.4. The van der Waals surface area contributed by atoms with Crippen LogP contribution in [0.1, 0.15) is 57.7 Å². The number of halogens is 1. The molecule has 2 aliphatic carbocycles. The topological polar surface area (TPSA) is 0 Å². The molecule has 29 heavy (non-hydrogen) atoms. The molecule has 0 radical (unpaired) electrons. The molecule has 0 atom stereocenters. The Hall–Kier alpha value is -2.05. The Labute approximate surface area is 182 Å². The van der Waals surface area contributed by atoms with Crippen molar-refractivity contribution in [1.82, 2.24) is 0 Å². The predicted octanol–water partition coefficient (Wildman–Crippen LogP) is 8.29. The number of aryl methyl sites for hydroxylation is 1. The zero-order valence-corrected chi connectivity index (χ0v) is 19.5. The van der Waals surface area contributed by atoms with E-state index in [1.54, 1.807) is 0 Å². The van der Waals surface area contributed by atoms with Crippen LogP contribution in [0.4, 0.5) is 0 Å². The lowest BCUT2D eigenvalue weighted by molar-refractivity contribution is 0.448. The average molecular weight is 405 g/mol. The molecule has 1 aromatic carbocycles. The van der Waals surface area contributed by atoms with Gasteiger partial charge in [-0.25, -0.2) is 0 Å². The molecule has 0 bridgehead atoms. The van der Waals surface area contributed by atoms with E-state index in [0.717, 1.165) is 17.9 Å². The maximum Gasteiger partial charge on any atom is 0.0150 e. The molecular formula is C28H33Cl. The minimum Gasteiger partial charge on any atom is -0.0987 e. The molecule has 0 amide bonds. The van der Waals surface area contributed by atoms with Gasteiger partial charge >= 0.3 is 0 Å². The van der Waals surface area contributed by atoms with Crippen molar-refractivity contribution in [2.24, 2.45) is 5.41 Å². The monoisotopic (exact) mass is 404 g/mol. The molecule has 0 saturated carbocycles. The van der Waals surface area contributed by atoms with Gasteiger partial charge in [0, 0.05) is 10.4 Å². The summed E-state index contributed by atoms with van der Waals surface area (Å²) in [6, 6.07) is 6.88. The molecule has 0 nitrogen and oxygen atoms in total. The average Bonchev–Trinajstić information content (AvgIpc) is 2.84. The number of hydrogen-bond donors (Lipinski definition) is 0. The fourth-order valence-corrected chi connectivity index (χ4v) is 4.77. The smallest absolute Gasteiger partial charge is 0.0150 e. The van der Waals surface area contributed by atoms with Gasteiger partial charge in [0.15, 0.2) is 0 Å². The highest BCUT2D eigenvalue weighted by molar-refractivity contribution is 6.29. The molecule has 0 fully saturated rings. The Morgan fingerprint density at radius 1 is 1.17 bits per heavy atom. The summed E-state index contributed by atoms with van der Waals surface area (Å²) in [5.41, 5.74) is 9.76. The number of fused-ring (bicyclic) bond motifs is 1. The Kier molecular flexibility index (Phi) is 5.97. The third-order valence-electron chi connectivity index (χ3n) is 6.32. The van der Waals surface area contributed by atoms with Crippen LogP contribution in [0.3, 0.4) is 0 Å². The Bertz CT molecular complexity index is 983. The molecule has 0 saturated heterocycles. The van der Waals surface area contributed by atoms with Crippen molar-refractivity contribution in [3.63, 3.8) is 0 Å². The van der Waals surface area contributed by atoms with Crippen molar-refractivity contribution >= 4 is 11.6 Å². The van der Waals surface area contributed by atoms with Crippen LogP contribution in [0.15, 0.2) is 88.6 Å². The fourth-order valence-electron chi connectivity index (χ4n) is 4.69. The summed E-state index contributed by atoms with van der Waals surface area (Å²) in [4.78, 5) is 0. The number of allylic oxidation sites excluding steroid dienone is 11. The van der Waals surface area contributed by atoms with Gasteiger partial charge in [-0.15, -0.1) is 0 Å². The third-order valence-corrected chi connectivity index (χ3v) is 6.45. The van der Waals surface area contributed by atoms with Crippen LogP contribution in [0, 0.1) is 12.3 Å². The molecule has 1 aromatic rings. The maximum absolute atomic E-state index is 5.98. The summed E-state index contributed by atoms with van der Waals surface area (Å²) in [6.07, 6.45) is 15.0. The van der Waals surface area contributed by atoms with Gasteiger partial charge in [-0.05, 0) is 66.0 Å². The summed E-state index contributed by atoms with van der Waals surface area (Å²) in [5, 5.41) is 0.794. The molecule has 2 aliphatic rings. The number of rotatable bonds is 4. The highest BCUT2D eigenvalue weighted by atomic mass is 35.5. The second-order valence-corrected chi connectivity index (χ2v) is 10.2. The van der Waals surface area contributed by atoms with Gasteiger partial charge in [-0.1, -0.05) is 106 Å². The lowest BCUT2D eigenvalue weighted by atomic mass is 9.71. The summed E-state index contributed by atoms with van der Waals surface area (Å²) in [7, 11) is 0. The van der Waals surface area contributed by atoms with Crippen molar-refractivity contribution < 1.29 is 0 Å². The van der Waals surface area contributed by atoms with Crippen molar-refractivity contribution in [3.05, 3.63) is 105 Å². The quantitative estimate of drug-likeness (QED) is 0.442. The van der Waals surface area contributed by atoms with E-state index in [4.69, 9.17) is 11.6 Å². The second kappa shape index (κ2) is 8.00. The van der Waals surface area contributed by atoms with Crippen LogP contribution in [0.2, 0.25) is 0 Å². The molecular weight excluding hydrogens is 372 g/mol. The van der Waals surface area contributed by atoms with E-state index in [1.165, 1.54) is 39.0 Å². The summed E-state index contributed by atoms with van der Waals surface area (Å²) in [5.74, 6) is 0. The first-order chi connectivity index (χ1) is 13.5. The molecule has 0 spiro atoms. The van der Waals surface area contributed by atoms with E-state index in [-0.39, 0.29) is 10.8 Å². The van der Waals surface area contributed by atoms with Crippen LogP contribution >= 0.6 is 11.6 Å². The molecule has 1 heteroatoms. The van der Waals surface area contributed by atoms with Crippen LogP contribution in [0.5, 0.6) is 0 Å². The normalized spacial score (nSPS) is 22.2. The number of benzene rings is 1. The molecule has 0 unspecified atom stereocenters. The minimum atomic E-state index is 0.0462. The molecule has 0 N–H and O–H groups in total. The van der Waals surface area contributed by atoms with Crippen molar-refractivity contribution in [2.45, 2.75) is 59.8 Å². The van der Waals surface area contributed by atoms with Crippen LogP contribution in [-0.2, 0) is 11.8 Å². The predicted molar refractivity (Wildman–Crippen MR) is 128 cm³/mol. The Balaban J connectivity index is 2.08. The van der Waals surface area contributed by atoms with E-state index < -0.39 is 0 Å². The van der Waals surface area contributed by atoms with Gasteiger partial charge < -0.3 is 0 Å². The van der Waals surface area contributed by atoms with E-state index in [9.17, 15) is 0 Å². The van der Waals surface area contributed by atoms with E-state index in [2.05, 4.69) is 77.6 Å². The molecule has 3 rings (SSSR count).